The molecule has 0 fully saturated rings. The highest BCUT2D eigenvalue weighted by atomic mass is 35.5. The zero-order valence-corrected chi connectivity index (χ0v) is 12.3. The van der Waals surface area contributed by atoms with Gasteiger partial charge in [0.05, 0.1) is 12.6 Å². The molecule has 0 saturated heterocycles. The Bertz CT molecular complexity index is 369. The molecule has 0 heterocycles. The van der Waals surface area contributed by atoms with Crippen LogP contribution in [0.1, 0.15) is 25.5 Å². The molecule has 0 spiro atoms. The third-order valence-electron chi connectivity index (χ3n) is 3.13. The summed E-state index contributed by atoms with van der Waals surface area (Å²) in [5, 5.41) is 0.422. The van der Waals surface area contributed by atoms with E-state index in [9.17, 15) is 4.39 Å². The predicted molar refractivity (Wildman–Crippen MR) is 76.9 cm³/mol. The fourth-order valence-electron chi connectivity index (χ4n) is 2.14. The molecule has 1 aromatic carbocycles. The number of nitrogens with zero attached hydrogens (tertiary/aromatic N) is 1. The topological polar surface area (TPSA) is 38.5 Å². The number of hydrogen-bond donors (Lipinski definition) is 1. The highest BCUT2D eigenvalue weighted by molar-refractivity contribution is 6.31. The lowest BCUT2D eigenvalue weighted by atomic mass is 10.0. The van der Waals surface area contributed by atoms with Gasteiger partial charge in [-0.3, -0.25) is 4.90 Å². The van der Waals surface area contributed by atoms with Crippen LogP contribution in [-0.2, 0) is 4.74 Å². The molecule has 19 heavy (non-hydrogen) atoms. The van der Waals surface area contributed by atoms with Crippen molar-refractivity contribution >= 4 is 11.6 Å². The van der Waals surface area contributed by atoms with Crippen molar-refractivity contribution in [2.45, 2.75) is 19.9 Å². The zero-order valence-electron chi connectivity index (χ0n) is 11.5. The van der Waals surface area contributed by atoms with Crippen LogP contribution in [0.15, 0.2) is 18.2 Å². The second-order valence-electron chi connectivity index (χ2n) is 4.21. The van der Waals surface area contributed by atoms with Crippen molar-refractivity contribution in [3.05, 3.63) is 34.6 Å². The Balaban J connectivity index is 2.90. The molecule has 0 amide bonds. The van der Waals surface area contributed by atoms with E-state index in [2.05, 4.69) is 4.90 Å². The van der Waals surface area contributed by atoms with Gasteiger partial charge in [0, 0.05) is 30.3 Å². The van der Waals surface area contributed by atoms with E-state index < -0.39 is 0 Å². The van der Waals surface area contributed by atoms with Crippen molar-refractivity contribution in [1.29, 1.82) is 0 Å². The van der Waals surface area contributed by atoms with Crippen molar-refractivity contribution < 1.29 is 9.13 Å². The number of nitrogens with two attached hydrogens (primary N) is 1. The van der Waals surface area contributed by atoms with Gasteiger partial charge in [0.25, 0.3) is 0 Å². The van der Waals surface area contributed by atoms with Gasteiger partial charge in [-0.25, -0.2) is 4.39 Å². The summed E-state index contributed by atoms with van der Waals surface area (Å²) in [6.07, 6.45) is 0. The molecule has 1 aromatic rings. The molecule has 2 N–H and O–H groups in total. The van der Waals surface area contributed by atoms with Crippen LogP contribution in [0.2, 0.25) is 5.02 Å². The maximum atomic E-state index is 14.0. The second kappa shape index (κ2) is 8.48. The Morgan fingerprint density at radius 3 is 2.68 bits per heavy atom. The maximum absolute atomic E-state index is 14.0. The second-order valence-corrected chi connectivity index (χ2v) is 4.62. The normalized spacial score (nSPS) is 12.9. The SMILES string of the molecule is CCOCCN(CC)C(CN)c1c(F)cccc1Cl. The average molecular weight is 289 g/mol. The predicted octanol–water partition coefficient (Wildman–Crippen LogP) is 2.84. The first kappa shape index (κ1) is 16.4. The molecule has 0 saturated carbocycles. The van der Waals surface area contributed by atoms with Crippen LogP contribution in [0.5, 0.6) is 0 Å². The van der Waals surface area contributed by atoms with E-state index >= 15 is 0 Å². The van der Waals surface area contributed by atoms with Crippen LogP contribution in [0, 0.1) is 5.82 Å². The number of rotatable bonds is 8. The Kier molecular flexibility index (Phi) is 7.31. The fourth-order valence-corrected chi connectivity index (χ4v) is 2.43. The number of ether oxygens (including phenoxy) is 1. The number of halogens is 2. The van der Waals surface area contributed by atoms with Gasteiger partial charge in [0.2, 0.25) is 0 Å². The maximum Gasteiger partial charge on any atom is 0.129 e. The third-order valence-corrected chi connectivity index (χ3v) is 3.46. The lowest BCUT2D eigenvalue weighted by Gasteiger charge is -2.30. The molecular weight excluding hydrogens is 267 g/mol. The average Bonchev–Trinajstić information content (AvgIpc) is 2.40. The van der Waals surface area contributed by atoms with E-state index in [1.165, 1.54) is 6.07 Å². The molecule has 0 radical (unpaired) electrons. The molecule has 1 unspecified atom stereocenters. The van der Waals surface area contributed by atoms with Crippen LogP contribution in [0.3, 0.4) is 0 Å². The first-order valence-electron chi connectivity index (χ1n) is 6.61. The standard InChI is InChI=1S/C14H22ClFN2O/c1-3-18(8-9-19-4-2)13(10-17)14-11(15)6-5-7-12(14)16/h5-7,13H,3-4,8-10,17H2,1-2H3. The van der Waals surface area contributed by atoms with Crippen molar-refractivity contribution in [2.24, 2.45) is 5.73 Å². The highest BCUT2D eigenvalue weighted by Crippen LogP contribution is 2.29. The van der Waals surface area contributed by atoms with Gasteiger partial charge in [-0.1, -0.05) is 24.6 Å². The summed E-state index contributed by atoms with van der Waals surface area (Å²) in [7, 11) is 0. The van der Waals surface area contributed by atoms with Crippen molar-refractivity contribution in [1.82, 2.24) is 4.90 Å². The molecule has 0 aliphatic carbocycles. The zero-order chi connectivity index (χ0) is 14.3. The minimum absolute atomic E-state index is 0.223. The summed E-state index contributed by atoms with van der Waals surface area (Å²) < 4.78 is 19.3. The summed E-state index contributed by atoms with van der Waals surface area (Å²) in [4.78, 5) is 2.08. The van der Waals surface area contributed by atoms with Crippen molar-refractivity contribution in [2.75, 3.05) is 32.8 Å². The highest BCUT2D eigenvalue weighted by Gasteiger charge is 2.23. The van der Waals surface area contributed by atoms with E-state index in [0.29, 0.717) is 36.9 Å². The van der Waals surface area contributed by atoms with E-state index in [-0.39, 0.29) is 11.9 Å². The monoisotopic (exact) mass is 288 g/mol. The van der Waals surface area contributed by atoms with Crippen LogP contribution < -0.4 is 5.73 Å². The molecule has 0 aliphatic heterocycles. The van der Waals surface area contributed by atoms with Gasteiger partial charge in [0.1, 0.15) is 5.82 Å². The summed E-state index contributed by atoms with van der Waals surface area (Å²) in [5.74, 6) is -0.308. The smallest absolute Gasteiger partial charge is 0.129 e. The Morgan fingerprint density at radius 1 is 1.42 bits per heavy atom. The molecule has 0 aliphatic rings. The van der Waals surface area contributed by atoms with Gasteiger partial charge in [-0.05, 0) is 25.6 Å². The summed E-state index contributed by atoms with van der Waals surface area (Å²) in [5.41, 5.74) is 6.29. The quantitative estimate of drug-likeness (QED) is 0.748. The van der Waals surface area contributed by atoms with E-state index in [1.54, 1.807) is 12.1 Å². The minimum atomic E-state index is -0.308. The van der Waals surface area contributed by atoms with E-state index in [0.717, 1.165) is 6.54 Å². The van der Waals surface area contributed by atoms with E-state index in [4.69, 9.17) is 22.1 Å². The number of likely N-dealkylation sites (N-methyl/N-ethyl adjacent to an activating group) is 1. The Hall–Kier alpha value is -0.680. The van der Waals surface area contributed by atoms with Crippen LogP contribution in [-0.4, -0.2) is 37.7 Å². The molecule has 5 heteroatoms. The lowest BCUT2D eigenvalue weighted by molar-refractivity contribution is 0.0972. The van der Waals surface area contributed by atoms with Gasteiger partial charge >= 0.3 is 0 Å². The largest absolute Gasteiger partial charge is 0.380 e. The van der Waals surface area contributed by atoms with Crippen molar-refractivity contribution in [3.63, 3.8) is 0 Å². The van der Waals surface area contributed by atoms with Gasteiger partial charge in [-0.15, -0.1) is 0 Å². The Morgan fingerprint density at radius 2 is 2.16 bits per heavy atom. The third kappa shape index (κ3) is 4.42. The summed E-state index contributed by atoms with van der Waals surface area (Å²) in [6, 6.07) is 4.49. The molecular formula is C14H22ClFN2O. The first-order valence-corrected chi connectivity index (χ1v) is 6.99. The van der Waals surface area contributed by atoms with Crippen LogP contribution in [0.25, 0.3) is 0 Å². The molecule has 1 atom stereocenters. The molecule has 108 valence electrons. The molecule has 1 rings (SSSR count). The number of benzene rings is 1. The molecule has 3 nitrogen and oxygen atoms in total. The van der Waals surface area contributed by atoms with Crippen LogP contribution >= 0.6 is 11.6 Å². The van der Waals surface area contributed by atoms with Gasteiger partial charge in [-0.2, -0.15) is 0 Å². The van der Waals surface area contributed by atoms with Crippen molar-refractivity contribution in [3.8, 4) is 0 Å². The summed E-state index contributed by atoms with van der Waals surface area (Å²) in [6.45, 7) is 7.03. The fraction of sp³-hybridized carbons (Fsp3) is 0.571. The van der Waals surface area contributed by atoms with Crippen LogP contribution in [0.4, 0.5) is 4.39 Å². The summed E-state index contributed by atoms with van der Waals surface area (Å²) >= 11 is 6.11. The number of hydrogen-bond acceptors (Lipinski definition) is 3. The first-order chi connectivity index (χ1) is 9.15. The van der Waals surface area contributed by atoms with E-state index in [1.807, 2.05) is 13.8 Å². The molecule has 0 bridgehead atoms. The van der Waals surface area contributed by atoms with Gasteiger partial charge in [0.15, 0.2) is 0 Å². The molecule has 0 aromatic heterocycles. The Labute approximate surface area is 119 Å². The minimum Gasteiger partial charge on any atom is -0.380 e. The van der Waals surface area contributed by atoms with Gasteiger partial charge < -0.3 is 10.5 Å². The lowest BCUT2D eigenvalue weighted by Crippen LogP contribution is -2.36.